The summed E-state index contributed by atoms with van der Waals surface area (Å²) >= 11 is 0. The van der Waals surface area contributed by atoms with Gasteiger partial charge in [0.05, 0.1) is 6.42 Å². The monoisotopic (exact) mass is 202 g/mol. The van der Waals surface area contributed by atoms with E-state index >= 15 is 0 Å². The Morgan fingerprint density at radius 2 is 1.93 bits per heavy atom. The molecule has 0 unspecified atom stereocenters. The number of aliphatic carboxylic acids is 1. The molecule has 0 aromatic heterocycles. The van der Waals surface area contributed by atoms with E-state index in [1.165, 1.54) is 6.92 Å². The van der Waals surface area contributed by atoms with Crippen molar-refractivity contribution in [2.75, 3.05) is 0 Å². The Kier molecular flexibility index (Phi) is 2.73. The molecule has 6 nitrogen and oxygen atoms in total. The minimum atomic E-state index is -1.43. The number of hydrogen-bond acceptors (Lipinski definition) is 5. The van der Waals surface area contributed by atoms with Gasteiger partial charge in [0.2, 0.25) is 0 Å². The number of carbonyl (C=O) groups is 3. The van der Waals surface area contributed by atoms with Crippen molar-refractivity contribution >= 4 is 17.9 Å². The number of carboxylic acids is 1. The largest absolute Gasteiger partial charge is 0.481 e. The number of carboxylic acid groups (broad SMARTS) is 1. The molecule has 0 bridgehead atoms. The van der Waals surface area contributed by atoms with Gasteiger partial charge in [-0.15, -0.1) is 0 Å². The molecule has 0 saturated carbocycles. The average Bonchev–Trinajstić information content (AvgIpc) is 1.98. The molecule has 0 aromatic carbocycles. The molecule has 1 aliphatic rings. The minimum absolute atomic E-state index is 0.0419. The standard InChI is InChI=1S/C8H10O6/c1-8(3-2-5(9)10)13-6(11)4-7(12)14-8/h2-4H2,1H3,(H,9,10). The molecule has 0 amide bonds. The van der Waals surface area contributed by atoms with Crippen molar-refractivity contribution in [2.24, 2.45) is 0 Å². The summed E-state index contributed by atoms with van der Waals surface area (Å²) < 4.78 is 9.50. The first-order chi connectivity index (χ1) is 6.41. The van der Waals surface area contributed by atoms with E-state index in [1.54, 1.807) is 0 Å². The Balaban J connectivity index is 2.58. The third-order valence-electron chi connectivity index (χ3n) is 1.74. The smallest absolute Gasteiger partial charge is 0.320 e. The molecule has 0 aromatic rings. The SMILES string of the molecule is CC1(CCC(=O)O)OC(=O)CC(=O)O1. The van der Waals surface area contributed by atoms with Crippen molar-refractivity contribution in [3.63, 3.8) is 0 Å². The van der Waals surface area contributed by atoms with Gasteiger partial charge in [-0.2, -0.15) is 0 Å². The second kappa shape index (κ2) is 3.65. The van der Waals surface area contributed by atoms with Crippen LogP contribution in [0, 0.1) is 0 Å². The maximum Gasteiger partial charge on any atom is 0.320 e. The summed E-state index contributed by atoms with van der Waals surface area (Å²) in [6, 6.07) is 0. The third-order valence-corrected chi connectivity index (χ3v) is 1.74. The molecule has 14 heavy (non-hydrogen) atoms. The highest BCUT2D eigenvalue weighted by Gasteiger charge is 2.39. The van der Waals surface area contributed by atoms with Crippen LogP contribution in [0.15, 0.2) is 0 Å². The van der Waals surface area contributed by atoms with Gasteiger partial charge in [-0.25, -0.2) is 0 Å². The van der Waals surface area contributed by atoms with Crippen LogP contribution >= 0.6 is 0 Å². The minimum Gasteiger partial charge on any atom is -0.481 e. The molecule has 0 atom stereocenters. The fourth-order valence-corrected chi connectivity index (χ4v) is 1.13. The molecule has 0 spiro atoms. The molecular formula is C8H10O6. The molecular weight excluding hydrogens is 192 g/mol. The third kappa shape index (κ3) is 2.72. The predicted octanol–water partition coefficient (Wildman–Crippen LogP) is 0.0575. The van der Waals surface area contributed by atoms with Crippen molar-refractivity contribution in [1.82, 2.24) is 0 Å². The zero-order chi connectivity index (χ0) is 10.8. The van der Waals surface area contributed by atoms with Gasteiger partial charge in [0, 0.05) is 13.3 Å². The molecule has 1 rings (SSSR count). The van der Waals surface area contributed by atoms with Crippen molar-refractivity contribution in [1.29, 1.82) is 0 Å². The van der Waals surface area contributed by atoms with E-state index in [1.807, 2.05) is 0 Å². The van der Waals surface area contributed by atoms with Crippen LogP contribution in [0.5, 0.6) is 0 Å². The Bertz CT molecular complexity index is 266. The zero-order valence-electron chi connectivity index (χ0n) is 7.61. The first kappa shape index (κ1) is 10.5. The van der Waals surface area contributed by atoms with Crippen LogP contribution in [0.2, 0.25) is 0 Å². The lowest BCUT2D eigenvalue weighted by Gasteiger charge is -2.31. The molecule has 1 fully saturated rings. The predicted molar refractivity (Wildman–Crippen MR) is 42.1 cm³/mol. The maximum absolute atomic E-state index is 10.9. The van der Waals surface area contributed by atoms with E-state index < -0.39 is 30.1 Å². The molecule has 1 N–H and O–H groups in total. The van der Waals surface area contributed by atoms with Crippen LogP contribution in [-0.4, -0.2) is 28.8 Å². The quantitative estimate of drug-likeness (QED) is 0.514. The lowest BCUT2D eigenvalue weighted by atomic mass is 10.1. The van der Waals surface area contributed by atoms with Crippen molar-refractivity contribution in [3.8, 4) is 0 Å². The van der Waals surface area contributed by atoms with Crippen LogP contribution in [0.4, 0.5) is 0 Å². The van der Waals surface area contributed by atoms with Crippen LogP contribution in [-0.2, 0) is 23.9 Å². The van der Waals surface area contributed by atoms with Gasteiger partial charge in [-0.05, 0) is 0 Å². The van der Waals surface area contributed by atoms with Gasteiger partial charge < -0.3 is 14.6 Å². The lowest BCUT2D eigenvalue weighted by molar-refractivity contribution is -0.240. The van der Waals surface area contributed by atoms with E-state index in [9.17, 15) is 14.4 Å². The number of esters is 2. The van der Waals surface area contributed by atoms with Crippen LogP contribution in [0.1, 0.15) is 26.2 Å². The van der Waals surface area contributed by atoms with Gasteiger partial charge in [-0.1, -0.05) is 0 Å². The highest BCUT2D eigenvalue weighted by molar-refractivity contribution is 5.93. The molecule has 1 aliphatic heterocycles. The summed E-state index contributed by atoms with van der Waals surface area (Å²) in [5.74, 6) is -3.84. The molecule has 0 radical (unpaired) electrons. The summed E-state index contributed by atoms with van der Waals surface area (Å²) in [6.45, 7) is 1.37. The van der Waals surface area contributed by atoms with E-state index in [-0.39, 0.29) is 12.8 Å². The topological polar surface area (TPSA) is 89.9 Å². The van der Waals surface area contributed by atoms with E-state index in [2.05, 4.69) is 0 Å². The highest BCUT2D eigenvalue weighted by Crippen LogP contribution is 2.24. The van der Waals surface area contributed by atoms with Gasteiger partial charge in [0.15, 0.2) is 0 Å². The lowest BCUT2D eigenvalue weighted by Crippen LogP contribution is -2.43. The number of cyclic esters (lactones) is 2. The van der Waals surface area contributed by atoms with Gasteiger partial charge in [0.25, 0.3) is 5.79 Å². The molecule has 1 heterocycles. The van der Waals surface area contributed by atoms with Crippen molar-refractivity contribution < 1.29 is 29.0 Å². The van der Waals surface area contributed by atoms with Gasteiger partial charge in [0.1, 0.15) is 6.42 Å². The number of carbonyl (C=O) groups excluding carboxylic acids is 2. The fourth-order valence-electron chi connectivity index (χ4n) is 1.13. The molecule has 78 valence electrons. The van der Waals surface area contributed by atoms with Gasteiger partial charge in [-0.3, -0.25) is 14.4 Å². The van der Waals surface area contributed by atoms with Crippen molar-refractivity contribution in [3.05, 3.63) is 0 Å². The first-order valence-electron chi connectivity index (χ1n) is 4.07. The Hall–Kier alpha value is -1.59. The second-order valence-corrected chi connectivity index (χ2v) is 3.15. The number of hydrogen-bond donors (Lipinski definition) is 1. The highest BCUT2D eigenvalue weighted by atomic mass is 16.7. The van der Waals surface area contributed by atoms with Crippen LogP contribution < -0.4 is 0 Å². The Morgan fingerprint density at radius 3 is 2.36 bits per heavy atom. The summed E-state index contributed by atoms with van der Waals surface area (Å²) in [7, 11) is 0. The normalized spacial score (nSPS) is 19.8. The average molecular weight is 202 g/mol. The zero-order valence-corrected chi connectivity index (χ0v) is 7.61. The summed E-state index contributed by atoms with van der Waals surface area (Å²) in [4.78, 5) is 32.0. The van der Waals surface area contributed by atoms with Crippen LogP contribution in [0.3, 0.4) is 0 Å². The first-order valence-corrected chi connectivity index (χ1v) is 4.07. The van der Waals surface area contributed by atoms with Gasteiger partial charge >= 0.3 is 17.9 Å². The molecule has 0 aliphatic carbocycles. The van der Waals surface area contributed by atoms with Crippen molar-refractivity contribution in [2.45, 2.75) is 32.0 Å². The summed E-state index contributed by atoms with van der Waals surface area (Å²) in [5, 5.41) is 8.41. The number of ether oxygens (including phenoxy) is 2. The fraction of sp³-hybridized carbons (Fsp3) is 0.625. The maximum atomic E-state index is 10.9. The van der Waals surface area contributed by atoms with E-state index in [0.29, 0.717) is 0 Å². The Labute approximate surface area is 79.8 Å². The van der Waals surface area contributed by atoms with Crippen LogP contribution in [0.25, 0.3) is 0 Å². The summed E-state index contributed by atoms with van der Waals surface area (Å²) in [6.07, 6.45) is -0.681. The number of rotatable bonds is 3. The van der Waals surface area contributed by atoms with E-state index in [0.717, 1.165) is 0 Å². The molecule has 1 saturated heterocycles. The Morgan fingerprint density at radius 1 is 1.43 bits per heavy atom. The second-order valence-electron chi connectivity index (χ2n) is 3.15. The summed E-state index contributed by atoms with van der Waals surface area (Å²) in [5.41, 5.74) is 0. The molecule has 6 heteroatoms. The van der Waals surface area contributed by atoms with E-state index in [4.69, 9.17) is 14.6 Å².